The summed E-state index contributed by atoms with van der Waals surface area (Å²) in [4.78, 5) is 27.5. The number of para-hydroxylation sites is 1. The van der Waals surface area contributed by atoms with Gasteiger partial charge in [-0.15, -0.1) is 11.8 Å². The Labute approximate surface area is 182 Å². The lowest BCUT2D eigenvalue weighted by molar-refractivity contribution is -0.119. The van der Waals surface area contributed by atoms with Crippen LogP contribution in [0.5, 0.6) is 11.5 Å². The summed E-state index contributed by atoms with van der Waals surface area (Å²) in [5.41, 5.74) is 1.31. The molecular formula is C22H29N3O4S. The molecule has 0 atom stereocenters. The zero-order valence-corrected chi connectivity index (χ0v) is 18.7. The van der Waals surface area contributed by atoms with E-state index in [1.165, 1.54) is 0 Å². The van der Waals surface area contributed by atoms with E-state index < -0.39 is 0 Å². The van der Waals surface area contributed by atoms with Crippen molar-refractivity contribution in [3.05, 3.63) is 42.5 Å². The van der Waals surface area contributed by atoms with E-state index in [0.717, 1.165) is 10.6 Å². The molecule has 0 saturated carbocycles. The van der Waals surface area contributed by atoms with Gasteiger partial charge in [-0.3, -0.25) is 14.5 Å². The van der Waals surface area contributed by atoms with Gasteiger partial charge >= 0.3 is 0 Å². The van der Waals surface area contributed by atoms with Crippen molar-refractivity contribution in [1.82, 2.24) is 4.90 Å². The number of ether oxygens (including phenoxy) is 2. The van der Waals surface area contributed by atoms with Crippen LogP contribution in [0.1, 0.15) is 13.8 Å². The molecular weight excluding hydrogens is 402 g/mol. The highest BCUT2D eigenvalue weighted by atomic mass is 32.2. The number of rotatable bonds is 11. The van der Waals surface area contributed by atoms with Crippen molar-refractivity contribution in [2.24, 2.45) is 0 Å². The Morgan fingerprint density at radius 1 is 0.933 bits per heavy atom. The number of likely N-dealkylation sites (N-methyl/N-ethyl adjacent to an activating group) is 1. The van der Waals surface area contributed by atoms with E-state index in [9.17, 15) is 9.59 Å². The molecule has 0 saturated heterocycles. The molecule has 162 valence electrons. The fraction of sp³-hybridized carbons (Fsp3) is 0.364. The van der Waals surface area contributed by atoms with Crippen LogP contribution >= 0.6 is 11.8 Å². The lowest BCUT2D eigenvalue weighted by Crippen LogP contribution is -2.36. The van der Waals surface area contributed by atoms with E-state index in [2.05, 4.69) is 10.6 Å². The topological polar surface area (TPSA) is 79.9 Å². The summed E-state index contributed by atoms with van der Waals surface area (Å²) < 4.78 is 11.1. The fourth-order valence-corrected chi connectivity index (χ4v) is 3.37. The lowest BCUT2D eigenvalue weighted by Gasteiger charge is -2.18. The van der Waals surface area contributed by atoms with Gasteiger partial charge in [-0.25, -0.2) is 0 Å². The van der Waals surface area contributed by atoms with Crippen molar-refractivity contribution >= 4 is 35.0 Å². The highest BCUT2D eigenvalue weighted by Crippen LogP contribution is 2.29. The fourth-order valence-electron chi connectivity index (χ4n) is 2.82. The summed E-state index contributed by atoms with van der Waals surface area (Å²) in [7, 11) is 1.72. The van der Waals surface area contributed by atoms with Crippen LogP contribution in [0.2, 0.25) is 0 Å². The van der Waals surface area contributed by atoms with Gasteiger partial charge in [-0.05, 0) is 51.4 Å². The molecule has 0 aliphatic carbocycles. The average molecular weight is 432 g/mol. The van der Waals surface area contributed by atoms with Gasteiger partial charge in [-0.2, -0.15) is 0 Å². The number of carbonyl (C=O) groups excluding carboxylic acids is 2. The van der Waals surface area contributed by atoms with Crippen LogP contribution in [-0.4, -0.2) is 56.3 Å². The molecule has 0 heterocycles. The van der Waals surface area contributed by atoms with Crippen LogP contribution in [0.4, 0.5) is 11.4 Å². The normalized spacial score (nSPS) is 10.6. The highest BCUT2D eigenvalue weighted by Gasteiger charge is 2.14. The quantitative estimate of drug-likeness (QED) is 0.528. The van der Waals surface area contributed by atoms with Crippen LogP contribution in [0, 0.1) is 0 Å². The maximum Gasteiger partial charge on any atom is 0.238 e. The molecule has 2 aromatic rings. The van der Waals surface area contributed by atoms with Crippen LogP contribution in [-0.2, 0) is 9.59 Å². The van der Waals surface area contributed by atoms with Crippen LogP contribution in [0.15, 0.2) is 47.4 Å². The highest BCUT2D eigenvalue weighted by molar-refractivity contribution is 7.98. The average Bonchev–Trinajstić information content (AvgIpc) is 2.70. The Morgan fingerprint density at radius 3 is 2.20 bits per heavy atom. The van der Waals surface area contributed by atoms with Gasteiger partial charge < -0.3 is 20.1 Å². The third-order valence-electron chi connectivity index (χ3n) is 4.04. The number of hydrogen-bond donors (Lipinski definition) is 2. The van der Waals surface area contributed by atoms with Crippen molar-refractivity contribution < 1.29 is 19.1 Å². The van der Waals surface area contributed by atoms with E-state index in [-0.39, 0.29) is 24.9 Å². The summed E-state index contributed by atoms with van der Waals surface area (Å²) >= 11 is 1.56. The number of anilines is 2. The van der Waals surface area contributed by atoms with Crippen LogP contribution < -0.4 is 20.1 Å². The molecule has 2 aromatic carbocycles. The largest absolute Gasteiger partial charge is 0.494 e. The van der Waals surface area contributed by atoms with Gasteiger partial charge in [0, 0.05) is 11.0 Å². The molecule has 2 rings (SSSR count). The Hall–Kier alpha value is -2.71. The number of hydrogen-bond acceptors (Lipinski definition) is 6. The number of carbonyl (C=O) groups is 2. The van der Waals surface area contributed by atoms with Crippen molar-refractivity contribution in [3.63, 3.8) is 0 Å². The first-order chi connectivity index (χ1) is 14.5. The molecule has 0 aliphatic heterocycles. The van der Waals surface area contributed by atoms with Gasteiger partial charge in [0.15, 0.2) is 0 Å². The molecule has 0 fully saturated rings. The standard InChI is InChI=1S/C22H29N3O4S/c1-5-28-16-11-12-19(29-6-2)18(13-16)24-22(27)15-25(3)14-21(26)23-17-9-7-8-10-20(17)30-4/h7-13H,5-6,14-15H2,1-4H3,(H,23,26)(H,24,27). The molecule has 2 N–H and O–H groups in total. The lowest BCUT2D eigenvalue weighted by atomic mass is 10.2. The van der Waals surface area contributed by atoms with Crippen molar-refractivity contribution in [3.8, 4) is 11.5 Å². The first kappa shape index (κ1) is 23.6. The molecule has 0 spiro atoms. The van der Waals surface area contributed by atoms with E-state index in [4.69, 9.17) is 9.47 Å². The van der Waals surface area contributed by atoms with Gasteiger partial charge in [-0.1, -0.05) is 12.1 Å². The number of nitrogens with one attached hydrogen (secondary N) is 2. The third kappa shape index (κ3) is 7.27. The Bertz CT molecular complexity index is 860. The van der Waals surface area contributed by atoms with E-state index in [1.807, 2.05) is 44.4 Å². The maximum atomic E-state index is 12.5. The second-order valence-electron chi connectivity index (χ2n) is 6.49. The Kier molecular flexibility index (Phi) is 9.50. The number of amides is 2. The van der Waals surface area contributed by atoms with Crippen molar-refractivity contribution in [1.29, 1.82) is 0 Å². The summed E-state index contributed by atoms with van der Waals surface area (Å²) in [6.45, 7) is 4.93. The molecule has 30 heavy (non-hydrogen) atoms. The van der Waals surface area contributed by atoms with Crippen LogP contribution in [0.25, 0.3) is 0 Å². The minimum Gasteiger partial charge on any atom is -0.494 e. The first-order valence-electron chi connectivity index (χ1n) is 9.77. The van der Waals surface area contributed by atoms with Gasteiger partial charge in [0.05, 0.1) is 37.7 Å². The Balaban J connectivity index is 1.94. The number of nitrogens with zero attached hydrogens (tertiary/aromatic N) is 1. The molecule has 8 heteroatoms. The molecule has 0 radical (unpaired) electrons. The molecule has 2 amide bonds. The summed E-state index contributed by atoms with van der Waals surface area (Å²) in [6.07, 6.45) is 1.96. The smallest absolute Gasteiger partial charge is 0.238 e. The number of benzene rings is 2. The predicted molar refractivity (Wildman–Crippen MR) is 122 cm³/mol. The minimum absolute atomic E-state index is 0.0576. The maximum absolute atomic E-state index is 12.5. The first-order valence-corrected chi connectivity index (χ1v) is 11.0. The number of thioether (sulfide) groups is 1. The van der Waals surface area contributed by atoms with Gasteiger partial charge in [0.2, 0.25) is 11.8 Å². The minimum atomic E-state index is -0.246. The SMILES string of the molecule is CCOc1ccc(OCC)c(NC(=O)CN(C)CC(=O)Nc2ccccc2SC)c1. The zero-order chi connectivity index (χ0) is 21.9. The van der Waals surface area contributed by atoms with E-state index in [1.54, 1.807) is 41.9 Å². The van der Waals surface area contributed by atoms with Gasteiger partial charge in [0.25, 0.3) is 0 Å². The second-order valence-corrected chi connectivity index (χ2v) is 7.34. The monoisotopic (exact) mass is 431 g/mol. The molecule has 0 bridgehead atoms. The van der Waals surface area contributed by atoms with E-state index in [0.29, 0.717) is 30.4 Å². The third-order valence-corrected chi connectivity index (χ3v) is 4.84. The second kappa shape index (κ2) is 12.1. The van der Waals surface area contributed by atoms with Crippen molar-refractivity contribution in [2.45, 2.75) is 18.7 Å². The van der Waals surface area contributed by atoms with E-state index >= 15 is 0 Å². The summed E-state index contributed by atoms with van der Waals surface area (Å²) in [5.74, 6) is 0.796. The van der Waals surface area contributed by atoms with Crippen LogP contribution in [0.3, 0.4) is 0 Å². The zero-order valence-electron chi connectivity index (χ0n) is 17.9. The summed E-state index contributed by atoms with van der Waals surface area (Å²) in [6, 6.07) is 12.9. The molecule has 0 aliphatic rings. The van der Waals surface area contributed by atoms with Gasteiger partial charge in [0.1, 0.15) is 11.5 Å². The molecule has 7 nitrogen and oxygen atoms in total. The summed E-state index contributed by atoms with van der Waals surface area (Å²) in [5, 5.41) is 5.74. The predicted octanol–water partition coefficient (Wildman–Crippen LogP) is 3.71. The van der Waals surface area contributed by atoms with Crippen molar-refractivity contribution in [2.75, 3.05) is 50.2 Å². The molecule has 0 aromatic heterocycles. The molecule has 0 unspecified atom stereocenters. The Morgan fingerprint density at radius 2 is 1.57 bits per heavy atom.